The standard InChI is InChI=1S/C21H33N3O5/c1-27-17-12-15(13-18(28-2)20(17)29-3)14-23-19(25)10-7-11-22-21(26)24-16-8-5-4-6-9-16/h12-13,16H,4-11,14H2,1-3H3,(H,23,25)(H2,22,24,26). The van der Waals surface area contributed by atoms with Crippen LogP contribution < -0.4 is 30.2 Å². The number of carbonyl (C=O) groups excluding carboxylic acids is 2. The molecule has 0 unspecified atom stereocenters. The van der Waals surface area contributed by atoms with Gasteiger partial charge in [-0.1, -0.05) is 19.3 Å². The summed E-state index contributed by atoms with van der Waals surface area (Å²) in [6, 6.07) is 3.75. The zero-order valence-corrected chi connectivity index (χ0v) is 17.6. The Morgan fingerprint density at radius 3 is 2.21 bits per heavy atom. The number of rotatable bonds is 10. The number of benzene rings is 1. The third kappa shape index (κ3) is 7.36. The zero-order valence-electron chi connectivity index (χ0n) is 17.6. The molecule has 1 saturated carbocycles. The van der Waals surface area contributed by atoms with E-state index in [0.717, 1.165) is 18.4 Å². The van der Waals surface area contributed by atoms with E-state index in [1.807, 2.05) is 0 Å². The molecule has 0 heterocycles. The fraction of sp³-hybridized carbons (Fsp3) is 0.619. The second-order valence-electron chi connectivity index (χ2n) is 7.15. The second kappa shape index (κ2) is 12.0. The average molecular weight is 408 g/mol. The van der Waals surface area contributed by atoms with Gasteiger partial charge in [0.1, 0.15) is 0 Å². The Labute approximate surface area is 172 Å². The molecule has 1 aromatic rings. The Balaban J connectivity index is 1.68. The van der Waals surface area contributed by atoms with Gasteiger partial charge in [-0.2, -0.15) is 0 Å². The van der Waals surface area contributed by atoms with Crippen LogP contribution in [0.15, 0.2) is 12.1 Å². The van der Waals surface area contributed by atoms with Gasteiger partial charge in [0.05, 0.1) is 21.3 Å². The number of nitrogens with one attached hydrogen (secondary N) is 3. The van der Waals surface area contributed by atoms with Crippen molar-refractivity contribution < 1.29 is 23.8 Å². The molecule has 3 amide bonds. The van der Waals surface area contributed by atoms with Crippen molar-refractivity contribution in [3.05, 3.63) is 17.7 Å². The first-order valence-electron chi connectivity index (χ1n) is 10.2. The normalized spacial score (nSPS) is 14.0. The van der Waals surface area contributed by atoms with Gasteiger partial charge in [-0.25, -0.2) is 4.79 Å². The van der Waals surface area contributed by atoms with E-state index in [4.69, 9.17) is 14.2 Å². The molecule has 8 nitrogen and oxygen atoms in total. The van der Waals surface area contributed by atoms with E-state index >= 15 is 0 Å². The minimum absolute atomic E-state index is 0.0757. The van der Waals surface area contributed by atoms with Crippen LogP contribution in [-0.2, 0) is 11.3 Å². The van der Waals surface area contributed by atoms with Crippen molar-refractivity contribution in [1.82, 2.24) is 16.0 Å². The van der Waals surface area contributed by atoms with Crippen molar-refractivity contribution in [2.24, 2.45) is 0 Å². The lowest BCUT2D eigenvalue weighted by Crippen LogP contribution is -2.43. The fourth-order valence-electron chi connectivity index (χ4n) is 3.46. The molecule has 0 saturated heterocycles. The van der Waals surface area contributed by atoms with Gasteiger partial charge in [-0.05, 0) is 37.0 Å². The van der Waals surface area contributed by atoms with Crippen molar-refractivity contribution >= 4 is 11.9 Å². The van der Waals surface area contributed by atoms with Gasteiger partial charge in [0.2, 0.25) is 11.7 Å². The number of hydrogen-bond acceptors (Lipinski definition) is 5. The highest BCUT2D eigenvalue weighted by Crippen LogP contribution is 2.38. The molecule has 3 N–H and O–H groups in total. The first kappa shape index (κ1) is 22.6. The Morgan fingerprint density at radius 2 is 1.62 bits per heavy atom. The maximum Gasteiger partial charge on any atom is 0.315 e. The summed E-state index contributed by atoms with van der Waals surface area (Å²) in [6.07, 6.45) is 6.64. The summed E-state index contributed by atoms with van der Waals surface area (Å²) in [5.74, 6) is 1.53. The molecule has 0 aromatic heterocycles. The van der Waals surface area contributed by atoms with Crippen LogP contribution >= 0.6 is 0 Å². The molecule has 0 bridgehead atoms. The van der Waals surface area contributed by atoms with Crippen molar-refractivity contribution in [1.29, 1.82) is 0 Å². The van der Waals surface area contributed by atoms with E-state index in [1.165, 1.54) is 19.3 Å². The van der Waals surface area contributed by atoms with Crippen LogP contribution in [-0.4, -0.2) is 45.9 Å². The molecule has 0 spiro atoms. The van der Waals surface area contributed by atoms with Crippen molar-refractivity contribution in [3.8, 4) is 17.2 Å². The number of urea groups is 1. The zero-order chi connectivity index (χ0) is 21.1. The highest BCUT2D eigenvalue weighted by atomic mass is 16.5. The van der Waals surface area contributed by atoms with Crippen LogP contribution in [0.1, 0.15) is 50.5 Å². The van der Waals surface area contributed by atoms with Crippen molar-refractivity contribution in [2.75, 3.05) is 27.9 Å². The Bertz CT molecular complexity index is 649. The van der Waals surface area contributed by atoms with Crippen LogP contribution in [0.4, 0.5) is 4.79 Å². The summed E-state index contributed by atoms with van der Waals surface area (Å²) in [5.41, 5.74) is 0.845. The SMILES string of the molecule is COc1cc(CNC(=O)CCCNC(=O)NC2CCCCC2)cc(OC)c1OC. The highest BCUT2D eigenvalue weighted by Gasteiger charge is 2.15. The minimum Gasteiger partial charge on any atom is -0.493 e. The molecule has 0 aliphatic heterocycles. The third-order valence-corrected chi connectivity index (χ3v) is 5.02. The van der Waals surface area contributed by atoms with E-state index in [1.54, 1.807) is 33.5 Å². The average Bonchev–Trinajstić information content (AvgIpc) is 2.75. The van der Waals surface area contributed by atoms with E-state index in [-0.39, 0.29) is 18.0 Å². The van der Waals surface area contributed by atoms with Crippen LogP contribution in [0.25, 0.3) is 0 Å². The van der Waals surface area contributed by atoms with Gasteiger partial charge in [-0.15, -0.1) is 0 Å². The van der Waals surface area contributed by atoms with Gasteiger partial charge in [0, 0.05) is 25.6 Å². The topological polar surface area (TPSA) is 97.9 Å². The van der Waals surface area contributed by atoms with E-state index in [9.17, 15) is 9.59 Å². The molecule has 162 valence electrons. The van der Waals surface area contributed by atoms with Crippen LogP contribution in [0.5, 0.6) is 17.2 Å². The van der Waals surface area contributed by atoms with Crippen LogP contribution in [0.2, 0.25) is 0 Å². The maximum atomic E-state index is 12.1. The molecule has 0 atom stereocenters. The maximum absolute atomic E-state index is 12.1. The number of amides is 3. The second-order valence-corrected chi connectivity index (χ2v) is 7.15. The molecular weight excluding hydrogens is 374 g/mol. The lowest BCUT2D eigenvalue weighted by Gasteiger charge is -2.22. The number of carbonyl (C=O) groups is 2. The third-order valence-electron chi connectivity index (χ3n) is 5.02. The molecule has 1 fully saturated rings. The van der Waals surface area contributed by atoms with Gasteiger partial charge >= 0.3 is 6.03 Å². The fourth-order valence-corrected chi connectivity index (χ4v) is 3.46. The Hall–Kier alpha value is -2.64. The van der Waals surface area contributed by atoms with E-state index in [2.05, 4.69) is 16.0 Å². The summed E-state index contributed by atoms with van der Waals surface area (Å²) in [7, 11) is 4.65. The Kier molecular flexibility index (Phi) is 9.40. The molecular formula is C21H33N3O5. The van der Waals surface area contributed by atoms with Crippen LogP contribution in [0.3, 0.4) is 0 Å². The number of methoxy groups -OCH3 is 3. The molecule has 2 rings (SSSR count). The van der Waals surface area contributed by atoms with Crippen LogP contribution in [0, 0.1) is 0 Å². The van der Waals surface area contributed by atoms with Gasteiger partial charge in [-0.3, -0.25) is 4.79 Å². The smallest absolute Gasteiger partial charge is 0.315 e. The predicted octanol–water partition coefficient (Wildman–Crippen LogP) is 2.74. The first-order chi connectivity index (χ1) is 14.1. The van der Waals surface area contributed by atoms with E-state index in [0.29, 0.717) is 43.2 Å². The molecule has 29 heavy (non-hydrogen) atoms. The van der Waals surface area contributed by atoms with E-state index < -0.39 is 0 Å². The molecule has 1 aromatic carbocycles. The van der Waals surface area contributed by atoms with Gasteiger partial charge in [0.25, 0.3) is 0 Å². The largest absolute Gasteiger partial charge is 0.493 e. The Morgan fingerprint density at radius 1 is 0.966 bits per heavy atom. The van der Waals surface area contributed by atoms with Crippen molar-refractivity contribution in [3.63, 3.8) is 0 Å². The highest BCUT2D eigenvalue weighted by molar-refractivity contribution is 5.76. The molecule has 0 radical (unpaired) electrons. The van der Waals surface area contributed by atoms with Crippen molar-refractivity contribution in [2.45, 2.75) is 57.5 Å². The summed E-state index contributed by atoms with van der Waals surface area (Å²) in [5, 5.41) is 8.70. The number of ether oxygens (including phenoxy) is 3. The predicted molar refractivity (Wildman–Crippen MR) is 111 cm³/mol. The monoisotopic (exact) mass is 407 g/mol. The first-order valence-corrected chi connectivity index (χ1v) is 10.2. The molecule has 8 heteroatoms. The lowest BCUT2D eigenvalue weighted by atomic mass is 9.96. The van der Waals surface area contributed by atoms with Gasteiger partial charge in [0.15, 0.2) is 11.5 Å². The summed E-state index contributed by atoms with van der Waals surface area (Å²) in [6.45, 7) is 0.821. The molecule has 1 aliphatic rings. The molecule has 1 aliphatic carbocycles. The summed E-state index contributed by atoms with van der Waals surface area (Å²) >= 11 is 0. The summed E-state index contributed by atoms with van der Waals surface area (Å²) in [4.78, 5) is 24.0. The minimum atomic E-state index is -0.144. The lowest BCUT2D eigenvalue weighted by molar-refractivity contribution is -0.121. The van der Waals surface area contributed by atoms with Gasteiger partial charge < -0.3 is 30.2 Å². The summed E-state index contributed by atoms with van der Waals surface area (Å²) < 4.78 is 15.9. The number of hydrogen-bond donors (Lipinski definition) is 3. The quantitative estimate of drug-likeness (QED) is 0.518.